The molecule has 4 heteroatoms. The van der Waals surface area contributed by atoms with Crippen LogP contribution in [0.4, 0.5) is 5.69 Å². The van der Waals surface area contributed by atoms with Gasteiger partial charge in [-0.25, -0.2) is 0 Å². The maximum atomic E-state index is 9.60. The number of benzene rings is 1. The molecular weight excluding hydrogens is 256 g/mol. The van der Waals surface area contributed by atoms with Crippen molar-refractivity contribution in [2.24, 2.45) is 5.41 Å². The van der Waals surface area contributed by atoms with E-state index < -0.39 is 5.54 Å². The number of nitrogens with zero attached hydrogens (tertiary/aromatic N) is 1. The molecule has 1 unspecified atom stereocenters. The summed E-state index contributed by atoms with van der Waals surface area (Å²) in [5.41, 5.74) is 0.641. The fourth-order valence-electron chi connectivity index (χ4n) is 2.58. The van der Waals surface area contributed by atoms with Gasteiger partial charge in [-0.15, -0.1) is 0 Å². The van der Waals surface area contributed by atoms with Gasteiger partial charge >= 0.3 is 0 Å². The molecule has 0 saturated carbocycles. The number of nitriles is 1. The van der Waals surface area contributed by atoms with Gasteiger partial charge in [0.25, 0.3) is 0 Å². The Hall–Kier alpha value is -1.34. The Balaban J connectivity index is 2.21. The predicted octanol–water partition coefficient (Wildman–Crippen LogP) is 3.53. The Morgan fingerprint density at radius 3 is 2.79 bits per heavy atom. The van der Waals surface area contributed by atoms with Crippen molar-refractivity contribution in [2.75, 3.05) is 23.9 Å². The summed E-state index contributed by atoms with van der Waals surface area (Å²) in [6, 6.07) is 10.2. The van der Waals surface area contributed by atoms with Gasteiger partial charge in [-0.3, -0.25) is 0 Å². The van der Waals surface area contributed by atoms with Crippen LogP contribution in [0.25, 0.3) is 0 Å². The van der Waals surface area contributed by atoms with Crippen molar-refractivity contribution in [3.63, 3.8) is 0 Å². The van der Waals surface area contributed by atoms with E-state index in [-0.39, 0.29) is 5.41 Å². The van der Waals surface area contributed by atoms with Crippen molar-refractivity contribution >= 4 is 17.4 Å². The predicted molar refractivity (Wildman–Crippen MR) is 80.7 cm³/mol. The molecule has 1 aromatic rings. The van der Waals surface area contributed by atoms with Crippen LogP contribution in [0, 0.1) is 16.7 Å². The molecule has 0 radical (unpaired) electrons. The summed E-state index contributed by atoms with van der Waals surface area (Å²) in [4.78, 5) is 0. The van der Waals surface area contributed by atoms with Crippen LogP contribution >= 0.6 is 11.8 Å². The monoisotopic (exact) mass is 276 g/mol. The molecule has 1 atom stereocenters. The van der Waals surface area contributed by atoms with E-state index in [9.17, 15) is 5.26 Å². The number of thioether (sulfide) groups is 1. The van der Waals surface area contributed by atoms with Gasteiger partial charge in [-0.05, 0) is 29.7 Å². The van der Waals surface area contributed by atoms with Crippen molar-refractivity contribution in [1.82, 2.24) is 0 Å². The quantitative estimate of drug-likeness (QED) is 0.917. The lowest BCUT2D eigenvalue weighted by molar-refractivity contribution is 0.324. The molecule has 1 fully saturated rings. The molecule has 19 heavy (non-hydrogen) atoms. The first-order valence-corrected chi connectivity index (χ1v) is 7.55. The van der Waals surface area contributed by atoms with Gasteiger partial charge in [0, 0.05) is 17.5 Å². The van der Waals surface area contributed by atoms with Crippen LogP contribution in [0.1, 0.15) is 20.3 Å². The molecule has 2 rings (SSSR count). The third-order valence-electron chi connectivity index (χ3n) is 3.29. The smallest absolute Gasteiger partial charge is 0.135 e. The summed E-state index contributed by atoms with van der Waals surface area (Å²) in [5, 5.41) is 13.0. The van der Waals surface area contributed by atoms with Crippen LogP contribution < -0.4 is 10.1 Å². The van der Waals surface area contributed by atoms with E-state index in [1.54, 1.807) is 7.11 Å². The summed E-state index contributed by atoms with van der Waals surface area (Å²) in [5.74, 6) is 2.74. The highest BCUT2D eigenvalue weighted by Crippen LogP contribution is 2.40. The Morgan fingerprint density at radius 1 is 1.37 bits per heavy atom. The zero-order valence-electron chi connectivity index (χ0n) is 11.7. The van der Waals surface area contributed by atoms with E-state index in [2.05, 4.69) is 25.2 Å². The molecule has 0 spiro atoms. The SMILES string of the molecule is COc1cccc(NC2(C#N)CSCC(C)(C)C2)c1. The summed E-state index contributed by atoms with van der Waals surface area (Å²) in [6.07, 6.45) is 0.862. The summed E-state index contributed by atoms with van der Waals surface area (Å²) in [7, 11) is 1.65. The molecule has 1 aromatic carbocycles. The molecule has 1 aliphatic rings. The van der Waals surface area contributed by atoms with Crippen molar-refractivity contribution in [2.45, 2.75) is 25.8 Å². The molecule has 1 saturated heterocycles. The molecule has 0 aliphatic carbocycles. The van der Waals surface area contributed by atoms with E-state index in [1.165, 1.54) is 0 Å². The molecule has 3 nitrogen and oxygen atoms in total. The maximum absolute atomic E-state index is 9.60. The minimum absolute atomic E-state index is 0.185. The fourth-order valence-corrected chi connectivity index (χ4v) is 3.92. The molecule has 0 bridgehead atoms. The summed E-state index contributed by atoms with van der Waals surface area (Å²) >= 11 is 1.85. The van der Waals surface area contributed by atoms with Gasteiger partial charge in [0.05, 0.1) is 13.2 Å². The number of hydrogen-bond donors (Lipinski definition) is 1. The number of rotatable bonds is 3. The second-order valence-electron chi connectivity index (χ2n) is 5.88. The fraction of sp³-hybridized carbons (Fsp3) is 0.533. The van der Waals surface area contributed by atoms with Crippen LogP contribution in [0.5, 0.6) is 5.75 Å². The topological polar surface area (TPSA) is 45.0 Å². The Bertz CT molecular complexity index is 495. The molecule has 1 aliphatic heterocycles. The van der Waals surface area contributed by atoms with E-state index >= 15 is 0 Å². The molecular formula is C15H20N2OS. The standard InChI is InChI=1S/C15H20N2OS/c1-14(2)8-15(9-16,11-19-10-14)17-12-5-4-6-13(7-12)18-3/h4-7,17H,8,10-11H2,1-3H3. The first kappa shape index (κ1) is 14.1. The van der Waals surface area contributed by atoms with Crippen molar-refractivity contribution in [3.05, 3.63) is 24.3 Å². The highest BCUT2D eigenvalue weighted by atomic mass is 32.2. The number of anilines is 1. The second kappa shape index (κ2) is 5.34. The Kier molecular flexibility index (Phi) is 3.96. The molecule has 102 valence electrons. The van der Waals surface area contributed by atoms with Crippen molar-refractivity contribution in [1.29, 1.82) is 5.26 Å². The van der Waals surface area contributed by atoms with Gasteiger partial charge in [0.1, 0.15) is 11.3 Å². The lowest BCUT2D eigenvalue weighted by Crippen LogP contribution is -2.47. The van der Waals surface area contributed by atoms with E-state index in [0.29, 0.717) is 0 Å². The van der Waals surface area contributed by atoms with Crippen LogP contribution in [-0.4, -0.2) is 24.2 Å². The number of nitrogens with one attached hydrogen (secondary N) is 1. The van der Waals surface area contributed by atoms with Gasteiger partial charge in [0.2, 0.25) is 0 Å². The Morgan fingerprint density at radius 2 is 2.16 bits per heavy atom. The largest absolute Gasteiger partial charge is 0.497 e. The Labute approximate surface area is 119 Å². The third-order valence-corrected chi connectivity index (χ3v) is 4.97. The van der Waals surface area contributed by atoms with E-state index in [4.69, 9.17) is 4.74 Å². The third kappa shape index (κ3) is 3.36. The highest BCUT2D eigenvalue weighted by Gasteiger charge is 2.40. The van der Waals surface area contributed by atoms with Crippen LogP contribution in [0.15, 0.2) is 24.3 Å². The first-order chi connectivity index (χ1) is 8.99. The molecule has 1 N–H and O–H groups in total. The normalized spacial score (nSPS) is 25.4. The summed E-state index contributed by atoms with van der Waals surface area (Å²) < 4.78 is 5.22. The van der Waals surface area contributed by atoms with Crippen LogP contribution in [0.3, 0.4) is 0 Å². The molecule has 0 amide bonds. The van der Waals surface area contributed by atoms with E-state index in [1.807, 2.05) is 36.0 Å². The van der Waals surface area contributed by atoms with Crippen LogP contribution in [0.2, 0.25) is 0 Å². The molecule has 0 aromatic heterocycles. The minimum atomic E-state index is -0.487. The van der Waals surface area contributed by atoms with Gasteiger partial charge in [-0.1, -0.05) is 19.9 Å². The zero-order valence-corrected chi connectivity index (χ0v) is 12.5. The van der Waals surface area contributed by atoms with Crippen molar-refractivity contribution < 1.29 is 4.74 Å². The van der Waals surface area contributed by atoms with Gasteiger partial charge < -0.3 is 10.1 Å². The first-order valence-electron chi connectivity index (χ1n) is 6.40. The number of methoxy groups -OCH3 is 1. The van der Waals surface area contributed by atoms with Crippen LogP contribution in [-0.2, 0) is 0 Å². The summed E-state index contributed by atoms with van der Waals surface area (Å²) in [6.45, 7) is 4.44. The lowest BCUT2D eigenvalue weighted by atomic mass is 9.80. The maximum Gasteiger partial charge on any atom is 0.135 e. The van der Waals surface area contributed by atoms with Gasteiger partial charge in [0.15, 0.2) is 0 Å². The van der Waals surface area contributed by atoms with E-state index in [0.717, 1.165) is 29.4 Å². The lowest BCUT2D eigenvalue weighted by Gasteiger charge is -2.41. The minimum Gasteiger partial charge on any atom is -0.497 e. The number of ether oxygens (including phenoxy) is 1. The number of hydrogen-bond acceptors (Lipinski definition) is 4. The average Bonchev–Trinajstić information content (AvgIpc) is 2.38. The highest BCUT2D eigenvalue weighted by molar-refractivity contribution is 7.99. The van der Waals surface area contributed by atoms with Crippen molar-refractivity contribution in [3.8, 4) is 11.8 Å². The molecule has 1 heterocycles. The second-order valence-corrected chi connectivity index (χ2v) is 6.87. The average molecular weight is 276 g/mol. The zero-order chi connectivity index (χ0) is 13.9. The van der Waals surface area contributed by atoms with Gasteiger partial charge in [-0.2, -0.15) is 17.0 Å².